The molecule has 0 radical (unpaired) electrons. The highest BCUT2D eigenvalue weighted by molar-refractivity contribution is 6.33. The van der Waals surface area contributed by atoms with Crippen LogP contribution in [-0.4, -0.2) is 0 Å². The summed E-state index contributed by atoms with van der Waals surface area (Å²) in [6.45, 7) is 1.71. The first-order chi connectivity index (χ1) is 9.79. The van der Waals surface area contributed by atoms with Crippen molar-refractivity contribution in [1.82, 2.24) is 0 Å². The molecule has 112 valence electrons. The van der Waals surface area contributed by atoms with Crippen LogP contribution in [0.15, 0.2) is 42.5 Å². The molecule has 1 nitrogen and oxygen atoms in total. The van der Waals surface area contributed by atoms with E-state index in [0.29, 0.717) is 5.56 Å². The molecule has 0 saturated carbocycles. The van der Waals surface area contributed by atoms with Crippen molar-refractivity contribution in [3.05, 3.63) is 64.4 Å². The first-order valence-electron chi connectivity index (χ1n) is 6.16. The fourth-order valence-corrected chi connectivity index (χ4v) is 2.11. The van der Waals surface area contributed by atoms with Gasteiger partial charge in [-0.05, 0) is 36.8 Å². The largest absolute Gasteiger partial charge is 0.416 e. The number of hydrogen-bond donors (Lipinski definition) is 1. The fraction of sp³-hybridized carbons (Fsp3) is 0.200. The van der Waals surface area contributed by atoms with Gasteiger partial charge in [0.1, 0.15) is 5.82 Å². The number of hydrogen-bond acceptors (Lipinski definition) is 1. The SMILES string of the molecule is CC(Nc1c(F)cccc1Cl)c1ccc(C(F)(F)F)cc1. The van der Waals surface area contributed by atoms with Crippen LogP contribution in [0.5, 0.6) is 0 Å². The van der Waals surface area contributed by atoms with Crippen molar-refractivity contribution in [1.29, 1.82) is 0 Å². The van der Waals surface area contributed by atoms with E-state index >= 15 is 0 Å². The topological polar surface area (TPSA) is 12.0 Å². The third-order valence-corrected chi connectivity index (χ3v) is 3.38. The lowest BCUT2D eigenvalue weighted by atomic mass is 10.1. The predicted molar refractivity (Wildman–Crippen MR) is 74.9 cm³/mol. The van der Waals surface area contributed by atoms with Gasteiger partial charge in [-0.2, -0.15) is 13.2 Å². The second-order valence-electron chi connectivity index (χ2n) is 4.58. The van der Waals surface area contributed by atoms with Crippen LogP contribution in [0.2, 0.25) is 5.02 Å². The molecule has 0 bridgehead atoms. The molecule has 1 N–H and O–H groups in total. The second kappa shape index (κ2) is 5.93. The van der Waals surface area contributed by atoms with E-state index in [1.165, 1.54) is 30.3 Å². The Kier molecular flexibility index (Phi) is 4.42. The van der Waals surface area contributed by atoms with E-state index < -0.39 is 17.6 Å². The van der Waals surface area contributed by atoms with Crippen molar-refractivity contribution in [3.8, 4) is 0 Å². The minimum Gasteiger partial charge on any atom is -0.375 e. The van der Waals surface area contributed by atoms with Gasteiger partial charge >= 0.3 is 6.18 Å². The van der Waals surface area contributed by atoms with Gasteiger partial charge in [-0.1, -0.05) is 29.8 Å². The first kappa shape index (κ1) is 15.6. The van der Waals surface area contributed by atoms with E-state index in [1.54, 1.807) is 6.92 Å². The Labute approximate surface area is 124 Å². The van der Waals surface area contributed by atoms with Crippen molar-refractivity contribution in [3.63, 3.8) is 0 Å². The van der Waals surface area contributed by atoms with Crippen LogP contribution >= 0.6 is 11.6 Å². The van der Waals surface area contributed by atoms with Crippen molar-refractivity contribution in [2.45, 2.75) is 19.1 Å². The second-order valence-corrected chi connectivity index (χ2v) is 4.99. The Hall–Kier alpha value is -1.75. The molecule has 0 spiro atoms. The van der Waals surface area contributed by atoms with Crippen LogP contribution < -0.4 is 5.32 Å². The van der Waals surface area contributed by atoms with Crippen LogP contribution in [0.4, 0.5) is 23.2 Å². The molecule has 21 heavy (non-hydrogen) atoms. The molecule has 0 fully saturated rings. The summed E-state index contributed by atoms with van der Waals surface area (Å²) in [6, 6.07) is 8.59. The Morgan fingerprint density at radius 3 is 2.19 bits per heavy atom. The normalized spacial score (nSPS) is 13.0. The molecule has 1 unspecified atom stereocenters. The molecule has 1 atom stereocenters. The molecule has 0 saturated heterocycles. The van der Waals surface area contributed by atoms with Crippen LogP contribution in [0.25, 0.3) is 0 Å². The number of benzene rings is 2. The third-order valence-electron chi connectivity index (χ3n) is 3.06. The number of rotatable bonds is 3. The summed E-state index contributed by atoms with van der Waals surface area (Å²) in [5.74, 6) is -0.513. The number of halogens is 5. The number of alkyl halides is 3. The lowest BCUT2D eigenvalue weighted by Crippen LogP contribution is -2.10. The molecule has 0 heterocycles. The smallest absolute Gasteiger partial charge is 0.375 e. The Morgan fingerprint density at radius 1 is 1.05 bits per heavy atom. The van der Waals surface area contributed by atoms with Crippen LogP contribution in [0, 0.1) is 5.82 Å². The highest BCUT2D eigenvalue weighted by atomic mass is 35.5. The van der Waals surface area contributed by atoms with Gasteiger partial charge in [-0.3, -0.25) is 0 Å². The highest BCUT2D eigenvalue weighted by Crippen LogP contribution is 2.32. The Bertz CT molecular complexity index is 602. The standard InChI is InChI=1S/C15H12ClF4N/c1-9(21-14-12(16)3-2-4-13(14)17)10-5-7-11(8-6-10)15(18,19)20/h2-9,21H,1H3. The summed E-state index contributed by atoms with van der Waals surface area (Å²) in [7, 11) is 0. The molecule has 2 rings (SSSR count). The van der Waals surface area contributed by atoms with Gasteiger partial charge in [0, 0.05) is 6.04 Å². The minimum atomic E-state index is -4.37. The van der Waals surface area contributed by atoms with Gasteiger partial charge in [0.25, 0.3) is 0 Å². The van der Waals surface area contributed by atoms with E-state index in [9.17, 15) is 17.6 Å². The molecule has 2 aromatic carbocycles. The van der Waals surface area contributed by atoms with Crippen LogP contribution in [0.3, 0.4) is 0 Å². The zero-order chi connectivity index (χ0) is 15.6. The van der Waals surface area contributed by atoms with Crippen molar-refractivity contribution in [2.75, 3.05) is 5.32 Å². The maximum Gasteiger partial charge on any atom is 0.416 e. The van der Waals surface area contributed by atoms with Crippen LogP contribution in [0.1, 0.15) is 24.1 Å². The predicted octanol–water partition coefficient (Wildman–Crippen LogP) is 5.67. The van der Waals surface area contributed by atoms with E-state index in [2.05, 4.69) is 5.32 Å². The van der Waals surface area contributed by atoms with Crippen molar-refractivity contribution in [2.24, 2.45) is 0 Å². The van der Waals surface area contributed by atoms with Crippen molar-refractivity contribution < 1.29 is 17.6 Å². The highest BCUT2D eigenvalue weighted by Gasteiger charge is 2.30. The van der Waals surface area contributed by atoms with Crippen molar-refractivity contribution >= 4 is 17.3 Å². The summed E-state index contributed by atoms with van der Waals surface area (Å²) in [4.78, 5) is 0. The molecule has 0 aliphatic rings. The molecule has 6 heteroatoms. The van der Waals surface area contributed by atoms with E-state index in [1.807, 2.05) is 0 Å². The Balaban J connectivity index is 2.19. The molecule has 2 aromatic rings. The fourth-order valence-electron chi connectivity index (χ4n) is 1.90. The first-order valence-corrected chi connectivity index (χ1v) is 6.54. The van der Waals surface area contributed by atoms with Gasteiger partial charge in [0.05, 0.1) is 16.3 Å². The lowest BCUT2D eigenvalue weighted by molar-refractivity contribution is -0.137. The summed E-state index contributed by atoms with van der Waals surface area (Å²) in [5, 5.41) is 3.08. The van der Waals surface area contributed by atoms with E-state index in [4.69, 9.17) is 11.6 Å². The summed E-state index contributed by atoms with van der Waals surface area (Å²) in [6.07, 6.45) is -4.37. The molecular formula is C15H12ClF4N. The van der Waals surface area contributed by atoms with E-state index in [0.717, 1.165) is 12.1 Å². The molecule has 0 amide bonds. The van der Waals surface area contributed by atoms with Crippen LogP contribution in [-0.2, 0) is 6.18 Å². The van der Waals surface area contributed by atoms with Gasteiger partial charge in [0.2, 0.25) is 0 Å². The quantitative estimate of drug-likeness (QED) is 0.719. The maximum atomic E-state index is 13.7. The molecule has 0 aliphatic heterocycles. The molecule has 0 aromatic heterocycles. The van der Waals surface area contributed by atoms with Gasteiger partial charge in [0.15, 0.2) is 0 Å². The maximum absolute atomic E-state index is 13.7. The zero-order valence-electron chi connectivity index (χ0n) is 11.0. The molecular weight excluding hydrogens is 306 g/mol. The number of anilines is 1. The summed E-state index contributed by atoms with van der Waals surface area (Å²) >= 11 is 5.89. The third kappa shape index (κ3) is 3.67. The molecule has 0 aliphatic carbocycles. The lowest BCUT2D eigenvalue weighted by Gasteiger charge is -2.18. The Morgan fingerprint density at radius 2 is 1.67 bits per heavy atom. The average molecular weight is 318 g/mol. The van der Waals surface area contributed by atoms with Gasteiger partial charge in [-0.15, -0.1) is 0 Å². The summed E-state index contributed by atoms with van der Waals surface area (Å²) in [5.41, 5.74) is 0.0104. The zero-order valence-corrected chi connectivity index (χ0v) is 11.8. The van der Waals surface area contributed by atoms with Gasteiger partial charge < -0.3 is 5.32 Å². The summed E-state index contributed by atoms with van der Waals surface area (Å²) < 4.78 is 51.1. The number of para-hydroxylation sites is 1. The van der Waals surface area contributed by atoms with E-state index in [-0.39, 0.29) is 16.8 Å². The number of nitrogens with one attached hydrogen (secondary N) is 1. The average Bonchev–Trinajstić information content (AvgIpc) is 2.42. The monoisotopic (exact) mass is 317 g/mol. The minimum absolute atomic E-state index is 0.131. The van der Waals surface area contributed by atoms with Gasteiger partial charge in [-0.25, -0.2) is 4.39 Å².